The fourth-order valence-electron chi connectivity index (χ4n) is 3.95. The van der Waals surface area contributed by atoms with Gasteiger partial charge in [-0.05, 0) is 17.7 Å². The maximum atomic E-state index is 11.0. The van der Waals surface area contributed by atoms with Gasteiger partial charge in [0.25, 0.3) is 5.69 Å². The number of anilines is 2. The van der Waals surface area contributed by atoms with Crippen molar-refractivity contribution in [3.8, 4) is 0 Å². The summed E-state index contributed by atoms with van der Waals surface area (Å²) in [7, 11) is 6.06. The molecule has 0 aliphatic carbocycles. The second-order valence-corrected chi connectivity index (χ2v) is 6.92. The lowest BCUT2D eigenvalue weighted by Crippen LogP contribution is -2.49. The van der Waals surface area contributed by atoms with Crippen molar-refractivity contribution < 1.29 is 4.92 Å². The summed E-state index contributed by atoms with van der Waals surface area (Å²) in [6.45, 7) is 0. The first-order valence-corrected chi connectivity index (χ1v) is 8.55. The molecule has 7 heteroatoms. The molecule has 2 heterocycles. The van der Waals surface area contributed by atoms with Crippen molar-refractivity contribution in [3.63, 3.8) is 0 Å². The van der Waals surface area contributed by atoms with Crippen molar-refractivity contribution in [2.24, 2.45) is 4.99 Å². The normalized spacial score (nSPS) is 23.6. The molecule has 0 fully saturated rings. The highest BCUT2D eigenvalue weighted by Gasteiger charge is 2.46. The predicted molar refractivity (Wildman–Crippen MR) is 103 cm³/mol. The second kappa shape index (κ2) is 6.01. The van der Waals surface area contributed by atoms with E-state index in [9.17, 15) is 10.1 Å². The number of benzene rings is 2. The minimum absolute atomic E-state index is 0.0293. The number of rotatable bonds is 2. The van der Waals surface area contributed by atoms with E-state index in [1.807, 2.05) is 43.3 Å². The molecule has 0 unspecified atom stereocenters. The fraction of sp³-hybridized carbons (Fsp3) is 0.316. The van der Waals surface area contributed by atoms with Gasteiger partial charge in [-0.1, -0.05) is 24.3 Å². The van der Waals surface area contributed by atoms with Crippen LogP contribution in [0.15, 0.2) is 53.5 Å². The van der Waals surface area contributed by atoms with Crippen LogP contribution in [0.25, 0.3) is 0 Å². The third-order valence-corrected chi connectivity index (χ3v) is 5.17. The molecule has 0 radical (unpaired) electrons. The summed E-state index contributed by atoms with van der Waals surface area (Å²) in [5.41, 5.74) is 3.34. The Hall–Kier alpha value is -3.09. The van der Waals surface area contributed by atoms with E-state index in [1.165, 1.54) is 0 Å². The Morgan fingerprint density at radius 3 is 2.50 bits per heavy atom. The SMILES string of the molecule is CN(C)C1=N[C@H]2Nc3ccccc3N(C)[C@@H]2[C@@H]1c1ccc([N+](=O)[O-])cc1. The Kier molecular flexibility index (Phi) is 3.79. The number of nitrogens with one attached hydrogen (secondary N) is 1. The summed E-state index contributed by atoms with van der Waals surface area (Å²) in [5, 5.41) is 14.5. The third kappa shape index (κ3) is 2.47. The topological polar surface area (TPSA) is 74.0 Å². The van der Waals surface area contributed by atoms with Gasteiger partial charge in [-0.2, -0.15) is 0 Å². The number of fused-ring (bicyclic) bond motifs is 2. The van der Waals surface area contributed by atoms with Crippen LogP contribution in [-0.4, -0.2) is 49.0 Å². The summed E-state index contributed by atoms with van der Waals surface area (Å²) >= 11 is 0. The molecule has 2 aromatic carbocycles. The molecule has 2 aliphatic heterocycles. The van der Waals surface area contributed by atoms with E-state index in [1.54, 1.807) is 12.1 Å². The standard InChI is InChI=1S/C19H21N5O2/c1-22(2)19-16(12-8-10-13(11-9-12)24(25)26)17-18(21-19)20-14-6-4-5-7-15(14)23(17)3/h4-11,16-18,20H,1-3H3/t16-,17+,18+/m0/s1. The van der Waals surface area contributed by atoms with Crippen molar-refractivity contribution in [1.29, 1.82) is 0 Å². The van der Waals surface area contributed by atoms with Gasteiger partial charge in [0.05, 0.1) is 28.3 Å². The molecule has 2 aromatic rings. The van der Waals surface area contributed by atoms with Crippen molar-refractivity contribution in [2.45, 2.75) is 18.1 Å². The van der Waals surface area contributed by atoms with Crippen LogP contribution in [0, 0.1) is 10.1 Å². The average Bonchev–Trinajstić information content (AvgIpc) is 3.02. The first kappa shape index (κ1) is 16.4. The quantitative estimate of drug-likeness (QED) is 0.665. The second-order valence-electron chi connectivity index (χ2n) is 6.92. The number of likely N-dealkylation sites (N-methyl/N-ethyl adjacent to an activating group) is 2. The third-order valence-electron chi connectivity index (χ3n) is 5.17. The first-order valence-electron chi connectivity index (χ1n) is 8.55. The highest BCUT2D eigenvalue weighted by atomic mass is 16.6. The molecule has 26 heavy (non-hydrogen) atoms. The molecule has 0 aromatic heterocycles. The monoisotopic (exact) mass is 351 g/mol. The van der Waals surface area contributed by atoms with Crippen LogP contribution in [0.2, 0.25) is 0 Å². The number of para-hydroxylation sites is 2. The first-order chi connectivity index (χ1) is 12.5. The van der Waals surface area contributed by atoms with Gasteiger partial charge in [0.15, 0.2) is 0 Å². The van der Waals surface area contributed by atoms with Gasteiger partial charge in [0.2, 0.25) is 0 Å². The molecular weight excluding hydrogens is 330 g/mol. The molecule has 4 rings (SSSR count). The van der Waals surface area contributed by atoms with Crippen molar-refractivity contribution in [3.05, 3.63) is 64.2 Å². The van der Waals surface area contributed by atoms with Crippen LogP contribution in [-0.2, 0) is 0 Å². The fourth-order valence-corrected chi connectivity index (χ4v) is 3.95. The van der Waals surface area contributed by atoms with Crippen LogP contribution in [0.5, 0.6) is 0 Å². The Balaban J connectivity index is 1.77. The van der Waals surface area contributed by atoms with E-state index in [4.69, 9.17) is 4.99 Å². The summed E-state index contributed by atoms with van der Waals surface area (Å²) in [4.78, 5) is 19.8. The van der Waals surface area contributed by atoms with Crippen LogP contribution < -0.4 is 10.2 Å². The van der Waals surface area contributed by atoms with E-state index in [0.717, 1.165) is 22.8 Å². The van der Waals surface area contributed by atoms with E-state index < -0.39 is 0 Å². The lowest BCUT2D eigenvalue weighted by molar-refractivity contribution is -0.384. The molecule has 3 atom stereocenters. The molecule has 2 aliphatic rings. The largest absolute Gasteiger partial charge is 0.366 e. The van der Waals surface area contributed by atoms with Crippen molar-refractivity contribution in [1.82, 2.24) is 4.90 Å². The molecule has 0 spiro atoms. The maximum Gasteiger partial charge on any atom is 0.269 e. The Morgan fingerprint density at radius 1 is 1.15 bits per heavy atom. The Morgan fingerprint density at radius 2 is 1.85 bits per heavy atom. The highest BCUT2D eigenvalue weighted by Crippen LogP contribution is 2.42. The summed E-state index contributed by atoms with van der Waals surface area (Å²) in [5.74, 6) is 1.00. The van der Waals surface area contributed by atoms with Gasteiger partial charge in [0.1, 0.15) is 12.0 Å². The molecule has 1 N–H and O–H groups in total. The number of nitro benzene ring substituents is 1. The molecule has 7 nitrogen and oxygen atoms in total. The van der Waals surface area contributed by atoms with Gasteiger partial charge in [-0.3, -0.25) is 10.1 Å². The number of nitrogens with zero attached hydrogens (tertiary/aromatic N) is 4. The zero-order valence-electron chi connectivity index (χ0n) is 15.0. The smallest absolute Gasteiger partial charge is 0.269 e. The molecule has 0 bridgehead atoms. The van der Waals surface area contributed by atoms with Gasteiger partial charge in [-0.15, -0.1) is 0 Å². The minimum Gasteiger partial charge on any atom is -0.366 e. The summed E-state index contributed by atoms with van der Waals surface area (Å²) in [6.07, 6.45) is -0.0625. The van der Waals surface area contributed by atoms with Gasteiger partial charge < -0.3 is 15.1 Å². The maximum absolute atomic E-state index is 11.0. The molecule has 0 amide bonds. The van der Waals surface area contributed by atoms with Crippen molar-refractivity contribution in [2.75, 3.05) is 31.4 Å². The Labute approximate surface area is 152 Å². The molecule has 0 saturated carbocycles. The number of aliphatic imine (C=N–C) groups is 1. The summed E-state index contributed by atoms with van der Waals surface area (Å²) in [6, 6.07) is 15.1. The van der Waals surface area contributed by atoms with E-state index in [2.05, 4.69) is 29.4 Å². The highest BCUT2D eigenvalue weighted by molar-refractivity contribution is 5.94. The minimum atomic E-state index is -0.368. The van der Waals surface area contributed by atoms with E-state index in [0.29, 0.717) is 0 Å². The van der Waals surface area contributed by atoms with E-state index in [-0.39, 0.29) is 28.7 Å². The van der Waals surface area contributed by atoms with Gasteiger partial charge in [-0.25, -0.2) is 4.99 Å². The lowest BCUT2D eigenvalue weighted by atomic mass is 9.88. The number of non-ortho nitro benzene ring substituents is 1. The van der Waals surface area contributed by atoms with Gasteiger partial charge in [0, 0.05) is 33.3 Å². The number of nitro groups is 1. The number of amidine groups is 1. The average molecular weight is 351 g/mol. The molecule has 0 saturated heterocycles. The van der Waals surface area contributed by atoms with Crippen LogP contribution in [0.4, 0.5) is 17.1 Å². The van der Waals surface area contributed by atoms with Crippen LogP contribution in [0.1, 0.15) is 11.5 Å². The van der Waals surface area contributed by atoms with Crippen molar-refractivity contribution >= 4 is 22.9 Å². The predicted octanol–water partition coefficient (Wildman–Crippen LogP) is 2.91. The Bertz CT molecular complexity index is 878. The lowest BCUT2D eigenvalue weighted by Gasteiger charge is -2.41. The van der Waals surface area contributed by atoms with Crippen LogP contribution in [0.3, 0.4) is 0 Å². The molecular formula is C19H21N5O2. The number of hydrogen-bond donors (Lipinski definition) is 1. The zero-order chi connectivity index (χ0) is 18.4. The zero-order valence-corrected chi connectivity index (χ0v) is 15.0. The molecule has 134 valence electrons. The van der Waals surface area contributed by atoms with Crippen LogP contribution >= 0.6 is 0 Å². The number of hydrogen-bond acceptors (Lipinski definition) is 6. The summed E-state index contributed by atoms with van der Waals surface area (Å²) < 4.78 is 0. The van der Waals surface area contributed by atoms with Gasteiger partial charge >= 0.3 is 0 Å². The van der Waals surface area contributed by atoms with E-state index >= 15 is 0 Å².